The topological polar surface area (TPSA) is 200 Å². The van der Waals surface area contributed by atoms with Crippen molar-refractivity contribution in [2.45, 2.75) is 102 Å². The number of hydrogen-bond acceptors (Lipinski definition) is 9. The molecule has 1 aromatic heterocycles. The fraction of sp³-hybridized carbons (Fsp3) is 0.526. The Morgan fingerprint density at radius 2 is 1.87 bits per heavy atom. The van der Waals surface area contributed by atoms with E-state index >= 15 is 0 Å². The molecule has 0 radical (unpaired) electrons. The van der Waals surface area contributed by atoms with Gasteiger partial charge in [0.25, 0.3) is 5.91 Å². The van der Waals surface area contributed by atoms with Gasteiger partial charge in [0.15, 0.2) is 0 Å². The van der Waals surface area contributed by atoms with E-state index in [0.717, 1.165) is 24.0 Å². The molecule has 0 spiro atoms. The predicted molar refractivity (Wildman–Crippen MR) is 190 cm³/mol. The van der Waals surface area contributed by atoms with Crippen LogP contribution in [-0.4, -0.2) is 103 Å². The zero-order chi connectivity index (χ0) is 37.7. The SMILES string of the molecule is CC(C)C(NC(=O)c1cnccn1)C(=O)N[C@H]1CCCCC/C=C/[C@@H]2C[C@@]2(C(=O)O)NC(=O)[C@@H]2C[C@@H](OC(=O)N3CCc4ccccc4C3)CN2C1=O. The number of aliphatic carboxylic acids is 1. The third kappa shape index (κ3) is 8.50. The van der Waals surface area contributed by atoms with Crippen LogP contribution < -0.4 is 16.0 Å². The molecular formula is C38H47N7O8. The lowest BCUT2D eigenvalue weighted by atomic mass is 10.0. The van der Waals surface area contributed by atoms with Crippen molar-refractivity contribution >= 4 is 35.7 Å². The first kappa shape index (κ1) is 37.4. The van der Waals surface area contributed by atoms with Crippen LogP contribution in [0.4, 0.5) is 4.79 Å². The third-order valence-electron chi connectivity index (χ3n) is 10.6. The van der Waals surface area contributed by atoms with Gasteiger partial charge < -0.3 is 35.6 Å². The maximum Gasteiger partial charge on any atom is 0.410 e. The predicted octanol–water partition coefficient (Wildman–Crippen LogP) is 2.36. The number of carbonyl (C=O) groups is 6. The van der Waals surface area contributed by atoms with Crippen molar-refractivity contribution in [1.82, 2.24) is 35.7 Å². The van der Waals surface area contributed by atoms with Crippen molar-refractivity contribution in [3.8, 4) is 0 Å². The second-order valence-electron chi connectivity index (χ2n) is 14.7. The molecule has 6 rings (SSSR count). The summed E-state index contributed by atoms with van der Waals surface area (Å²) in [4.78, 5) is 92.0. The second-order valence-corrected chi connectivity index (χ2v) is 14.7. The summed E-state index contributed by atoms with van der Waals surface area (Å²) >= 11 is 0. The molecule has 1 saturated heterocycles. The summed E-state index contributed by atoms with van der Waals surface area (Å²) in [6, 6.07) is 4.59. The molecule has 0 bridgehead atoms. The minimum absolute atomic E-state index is 0.0299. The summed E-state index contributed by atoms with van der Waals surface area (Å²) in [7, 11) is 0. The lowest BCUT2D eigenvalue weighted by Gasteiger charge is -2.31. The number of carbonyl (C=O) groups excluding carboxylic acids is 5. The number of hydrogen-bond donors (Lipinski definition) is 4. The normalized spacial score (nSPS) is 27.1. The van der Waals surface area contributed by atoms with E-state index in [0.29, 0.717) is 32.4 Å². The number of allylic oxidation sites excluding steroid dienone is 1. The summed E-state index contributed by atoms with van der Waals surface area (Å²) in [5, 5.41) is 18.4. The van der Waals surface area contributed by atoms with Crippen molar-refractivity contribution < 1.29 is 38.6 Å². The van der Waals surface area contributed by atoms with Gasteiger partial charge in [0.1, 0.15) is 35.5 Å². The standard InChI is InChI=1S/C38H47N7O8/c1-23(2)31(42-32(46)29-20-39-15-16-40-29)34(48)41-28-13-7-5-3-4-6-12-26-19-38(26,36(50)51)43-33(47)30-18-27(22-45(30)35(28)49)53-37(52)44-17-14-24-10-8-9-11-25(24)21-44/h6,8-12,15-16,20,23,26-28,30-31H,3-5,7,13-14,17-19,21-22H2,1-2H3,(H,41,48)(H,42,46)(H,43,47)(H,50,51)/b12-6+/t26-,27-,28+,30+,31?,38-/m1/s1. The molecule has 4 N–H and O–H groups in total. The molecule has 1 aromatic carbocycles. The average Bonchev–Trinajstić information content (AvgIpc) is 3.69. The highest BCUT2D eigenvalue weighted by molar-refractivity contribution is 5.98. The fourth-order valence-corrected chi connectivity index (χ4v) is 7.44. The van der Waals surface area contributed by atoms with Gasteiger partial charge in [0.05, 0.1) is 12.7 Å². The second kappa shape index (κ2) is 16.1. The molecule has 4 aliphatic rings. The van der Waals surface area contributed by atoms with Gasteiger partial charge in [-0.3, -0.25) is 24.2 Å². The van der Waals surface area contributed by atoms with Gasteiger partial charge in [0, 0.05) is 37.8 Å². The summed E-state index contributed by atoms with van der Waals surface area (Å²) < 4.78 is 5.93. The molecule has 282 valence electrons. The maximum absolute atomic E-state index is 14.5. The lowest BCUT2D eigenvalue weighted by molar-refractivity contribution is -0.146. The van der Waals surface area contributed by atoms with Gasteiger partial charge in [-0.05, 0) is 49.1 Å². The Kier molecular flexibility index (Phi) is 11.4. The molecule has 53 heavy (non-hydrogen) atoms. The van der Waals surface area contributed by atoms with E-state index in [2.05, 4.69) is 25.9 Å². The molecule has 4 heterocycles. The molecule has 3 aliphatic heterocycles. The van der Waals surface area contributed by atoms with Gasteiger partial charge >= 0.3 is 12.1 Å². The number of carboxylic acid groups (broad SMARTS) is 1. The number of nitrogens with one attached hydrogen (secondary N) is 3. The first-order valence-corrected chi connectivity index (χ1v) is 18.4. The van der Waals surface area contributed by atoms with E-state index in [1.165, 1.54) is 23.5 Å². The first-order chi connectivity index (χ1) is 25.5. The zero-order valence-corrected chi connectivity index (χ0v) is 30.0. The highest BCUT2D eigenvalue weighted by atomic mass is 16.6. The Hall–Kier alpha value is -5.34. The summed E-state index contributed by atoms with van der Waals surface area (Å²) in [6.45, 7) is 4.21. The third-order valence-corrected chi connectivity index (χ3v) is 10.6. The number of benzene rings is 1. The molecule has 15 nitrogen and oxygen atoms in total. The van der Waals surface area contributed by atoms with Gasteiger partial charge in [-0.2, -0.15) is 0 Å². The number of nitrogens with zero attached hydrogens (tertiary/aromatic N) is 4. The van der Waals surface area contributed by atoms with E-state index in [1.54, 1.807) is 18.7 Å². The van der Waals surface area contributed by atoms with Crippen molar-refractivity contribution in [2.75, 3.05) is 13.1 Å². The van der Waals surface area contributed by atoms with Crippen LogP contribution in [0.25, 0.3) is 0 Å². The molecule has 2 fully saturated rings. The Labute approximate surface area is 307 Å². The highest BCUT2D eigenvalue weighted by Gasteiger charge is 2.61. The fourth-order valence-electron chi connectivity index (χ4n) is 7.44. The highest BCUT2D eigenvalue weighted by Crippen LogP contribution is 2.45. The smallest absolute Gasteiger partial charge is 0.410 e. The molecule has 1 aliphatic carbocycles. The molecule has 1 unspecified atom stereocenters. The Balaban J connectivity index is 1.23. The Morgan fingerprint density at radius 1 is 1.08 bits per heavy atom. The van der Waals surface area contributed by atoms with E-state index in [4.69, 9.17) is 4.74 Å². The van der Waals surface area contributed by atoms with E-state index < -0.39 is 71.4 Å². The Morgan fingerprint density at radius 3 is 2.60 bits per heavy atom. The quantitative estimate of drug-likeness (QED) is 0.307. The van der Waals surface area contributed by atoms with Crippen LogP contribution >= 0.6 is 0 Å². The van der Waals surface area contributed by atoms with Crippen molar-refractivity contribution in [2.24, 2.45) is 11.8 Å². The summed E-state index contributed by atoms with van der Waals surface area (Å²) in [5.74, 6) is -4.34. The number of ether oxygens (including phenoxy) is 1. The minimum Gasteiger partial charge on any atom is -0.479 e. The number of fused-ring (bicyclic) bond motifs is 3. The lowest BCUT2D eigenvalue weighted by Crippen LogP contribution is -2.58. The minimum atomic E-state index is -1.50. The van der Waals surface area contributed by atoms with Crippen molar-refractivity contribution in [1.29, 1.82) is 0 Å². The molecule has 1 saturated carbocycles. The van der Waals surface area contributed by atoms with Crippen LogP contribution in [0.15, 0.2) is 55.0 Å². The molecular weight excluding hydrogens is 682 g/mol. The number of amides is 5. The molecule has 15 heteroatoms. The molecule has 2 aromatic rings. The number of aromatic nitrogens is 2. The number of carboxylic acids is 1. The first-order valence-electron chi connectivity index (χ1n) is 18.4. The van der Waals surface area contributed by atoms with Gasteiger partial charge in [0.2, 0.25) is 17.7 Å². The van der Waals surface area contributed by atoms with Gasteiger partial charge in [-0.1, -0.05) is 63.1 Å². The van der Waals surface area contributed by atoms with Crippen LogP contribution in [0.1, 0.15) is 80.4 Å². The summed E-state index contributed by atoms with van der Waals surface area (Å²) in [5.41, 5.74) is 0.704. The van der Waals surface area contributed by atoms with Crippen molar-refractivity contribution in [3.63, 3.8) is 0 Å². The number of rotatable bonds is 7. The van der Waals surface area contributed by atoms with Crippen LogP contribution in [-0.2, 0) is 36.9 Å². The van der Waals surface area contributed by atoms with E-state index in [-0.39, 0.29) is 37.4 Å². The zero-order valence-electron chi connectivity index (χ0n) is 30.0. The van der Waals surface area contributed by atoms with Crippen LogP contribution in [0.5, 0.6) is 0 Å². The van der Waals surface area contributed by atoms with Gasteiger partial charge in [-0.25, -0.2) is 14.6 Å². The average molecular weight is 730 g/mol. The largest absolute Gasteiger partial charge is 0.479 e. The van der Waals surface area contributed by atoms with Crippen molar-refractivity contribution in [3.05, 3.63) is 71.8 Å². The van der Waals surface area contributed by atoms with Crippen LogP contribution in [0, 0.1) is 11.8 Å². The van der Waals surface area contributed by atoms with E-state index in [9.17, 15) is 33.9 Å². The van der Waals surface area contributed by atoms with Crippen LogP contribution in [0.2, 0.25) is 0 Å². The van der Waals surface area contributed by atoms with Gasteiger partial charge in [-0.15, -0.1) is 0 Å². The Bertz CT molecular complexity index is 1750. The monoisotopic (exact) mass is 729 g/mol. The molecule has 5 amide bonds. The van der Waals surface area contributed by atoms with Crippen LogP contribution in [0.3, 0.4) is 0 Å². The summed E-state index contributed by atoms with van der Waals surface area (Å²) in [6.07, 6.45) is 10.3. The van der Waals surface area contributed by atoms with E-state index in [1.807, 2.05) is 36.4 Å². The maximum atomic E-state index is 14.5. The molecule has 6 atom stereocenters.